The fraction of sp³-hybridized carbons (Fsp3) is 0.667. The molecule has 0 amide bonds. The van der Waals surface area contributed by atoms with Crippen molar-refractivity contribution in [3.8, 4) is 0 Å². The maximum Gasteiger partial charge on any atom is 0.127 e. The van der Waals surface area contributed by atoms with Gasteiger partial charge in [0.15, 0.2) is 0 Å². The van der Waals surface area contributed by atoms with E-state index < -0.39 is 0 Å². The molecule has 1 saturated carbocycles. The minimum Gasteiger partial charge on any atom is -0.323 e. The molecule has 2 N–H and O–H groups in total. The average Bonchev–Trinajstić information content (AvgIpc) is 2.49. The molecule has 3 rings (SSSR count). The molecular formula is C18H30N2+2. The first-order valence-electron chi connectivity index (χ1n) is 8.53. The lowest BCUT2D eigenvalue weighted by molar-refractivity contribution is -1.03. The van der Waals surface area contributed by atoms with Crippen LogP contribution in [0.3, 0.4) is 0 Å². The fourth-order valence-corrected chi connectivity index (χ4v) is 4.20. The molecule has 1 saturated heterocycles. The smallest absolute Gasteiger partial charge is 0.127 e. The highest BCUT2D eigenvalue weighted by atomic mass is 15.3. The summed E-state index contributed by atoms with van der Waals surface area (Å²) in [5.74, 6) is 0.968. The number of nitrogens with one attached hydrogen (secondary N) is 2. The molecule has 2 atom stereocenters. The van der Waals surface area contributed by atoms with E-state index in [9.17, 15) is 0 Å². The Labute approximate surface area is 123 Å². The summed E-state index contributed by atoms with van der Waals surface area (Å²) in [6, 6.07) is 12.0. The molecule has 1 aromatic rings. The molecular weight excluding hydrogens is 244 g/mol. The van der Waals surface area contributed by atoms with E-state index in [-0.39, 0.29) is 0 Å². The number of hydrogen-bond donors (Lipinski definition) is 2. The molecule has 1 aliphatic heterocycles. The van der Waals surface area contributed by atoms with E-state index in [0.29, 0.717) is 0 Å². The quantitative estimate of drug-likeness (QED) is 0.796. The lowest BCUT2D eigenvalue weighted by atomic mass is 9.86. The predicted octanol–water partition coefficient (Wildman–Crippen LogP) is 0.549. The van der Waals surface area contributed by atoms with Crippen LogP contribution in [0.1, 0.15) is 38.2 Å². The minimum absolute atomic E-state index is 0.968. The van der Waals surface area contributed by atoms with Gasteiger partial charge in [-0.1, -0.05) is 43.7 Å². The Hall–Kier alpha value is -0.860. The van der Waals surface area contributed by atoms with Gasteiger partial charge in [0.2, 0.25) is 0 Å². The Morgan fingerprint density at radius 2 is 1.75 bits per heavy atom. The summed E-state index contributed by atoms with van der Waals surface area (Å²) in [4.78, 5) is 3.69. The molecule has 110 valence electrons. The van der Waals surface area contributed by atoms with Crippen LogP contribution >= 0.6 is 0 Å². The predicted molar refractivity (Wildman–Crippen MR) is 83.0 cm³/mol. The van der Waals surface area contributed by atoms with Crippen molar-refractivity contribution in [2.45, 2.75) is 45.2 Å². The molecule has 2 aliphatic rings. The Balaban J connectivity index is 1.47. The second-order valence-corrected chi connectivity index (χ2v) is 7.04. The Bertz CT molecular complexity index is 395. The van der Waals surface area contributed by atoms with Crippen LogP contribution in [0.15, 0.2) is 30.3 Å². The molecule has 0 radical (unpaired) electrons. The molecule has 2 heteroatoms. The van der Waals surface area contributed by atoms with E-state index in [2.05, 4.69) is 37.3 Å². The van der Waals surface area contributed by atoms with Gasteiger partial charge in [-0.05, 0) is 18.8 Å². The fourth-order valence-electron chi connectivity index (χ4n) is 4.20. The summed E-state index contributed by atoms with van der Waals surface area (Å²) >= 11 is 0. The maximum atomic E-state index is 2.45. The normalized spacial score (nSPS) is 34.9. The molecule has 0 bridgehead atoms. The Kier molecular flexibility index (Phi) is 4.74. The minimum atomic E-state index is 0.968. The van der Waals surface area contributed by atoms with Gasteiger partial charge >= 0.3 is 0 Å². The highest BCUT2D eigenvalue weighted by Gasteiger charge is 2.32. The van der Waals surface area contributed by atoms with Gasteiger partial charge in [0, 0.05) is 12.0 Å². The van der Waals surface area contributed by atoms with Crippen molar-refractivity contribution in [3.05, 3.63) is 35.9 Å². The summed E-state index contributed by atoms with van der Waals surface area (Å²) in [7, 11) is 0. The third-order valence-electron chi connectivity index (χ3n) is 5.41. The van der Waals surface area contributed by atoms with E-state index in [1.807, 2.05) is 4.90 Å². The lowest BCUT2D eigenvalue weighted by Crippen LogP contribution is -3.29. The zero-order chi connectivity index (χ0) is 13.8. The van der Waals surface area contributed by atoms with Crippen LogP contribution in [0, 0.1) is 5.92 Å². The second kappa shape index (κ2) is 6.73. The maximum absolute atomic E-state index is 2.45. The molecule has 20 heavy (non-hydrogen) atoms. The van der Waals surface area contributed by atoms with Crippen molar-refractivity contribution in [3.63, 3.8) is 0 Å². The first kappa shape index (κ1) is 14.1. The van der Waals surface area contributed by atoms with Gasteiger partial charge in [-0.25, -0.2) is 0 Å². The van der Waals surface area contributed by atoms with Gasteiger partial charge in [-0.3, -0.25) is 0 Å². The topological polar surface area (TPSA) is 8.88 Å². The number of benzene rings is 1. The van der Waals surface area contributed by atoms with Crippen LogP contribution in [-0.4, -0.2) is 32.2 Å². The summed E-state index contributed by atoms with van der Waals surface area (Å²) < 4.78 is 0. The average molecular weight is 274 g/mol. The molecule has 0 aromatic heterocycles. The largest absolute Gasteiger partial charge is 0.323 e. The summed E-state index contributed by atoms with van der Waals surface area (Å²) in [5, 5.41) is 0. The highest BCUT2D eigenvalue weighted by molar-refractivity contribution is 5.13. The van der Waals surface area contributed by atoms with E-state index in [4.69, 9.17) is 0 Å². The van der Waals surface area contributed by atoms with Crippen LogP contribution in [0.2, 0.25) is 0 Å². The van der Waals surface area contributed by atoms with Crippen molar-refractivity contribution in [1.29, 1.82) is 0 Å². The third kappa shape index (κ3) is 3.62. The summed E-state index contributed by atoms with van der Waals surface area (Å²) in [5.41, 5.74) is 1.50. The standard InChI is InChI=1S/C18H28N2/c1-16-6-5-9-18(14-16)20-12-10-19(11-13-20)15-17-7-3-2-4-8-17/h2-4,7-8,16,18H,5-6,9-15H2,1H3/p+2/t16-,18-/m0/s1. The number of piperazine rings is 1. The molecule has 1 heterocycles. The van der Waals surface area contributed by atoms with Crippen molar-refractivity contribution in [2.75, 3.05) is 26.2 Å². The first-order chi connectivity index (χ1) is 9.81. The first-order valence-corrected chi connectivity index (χ1v) is 8.53. The zero-order valence-electron chi connectivity index (χ0n) is 12.9. The van der Waals surface area contributed by atoms with E-state index in [1.165, 1.54) is 64.0 Å². The van der Waals surface area contributed by atoms with Crippen LogP contribution in [0.4, 0.5) is 0 Å². The van der Waals surface area contributed by atoms with E-state index >= 15 is 0 Å². The summed E-state index contributed by atoms with van der Waals surface area (Å²) in [6.45, 7) is 9.15. The molecule has 0 spiro atoms. The monoisotopic (exact) mass is 274 g/mol. The molecule has 2 nitrogen and oxygen atoms in total. The Morgan fingerprint density at radius 1 is 1.00 bits per heavy atom. The molecule has 2 fully saturated rings. The van der Waals surface area contributed by atoms with Crippen LogP contribution in [0.5, 0.6) is 0 Å². The molecule has 1 aromatic carbocycles. The SMILES string of the molecule is C[C@H]1CCC[C@H]([NH+]2CC[NH+](Cc3ccccc3)CC2)C1. The van der Waals surface area contributed by atoms with Crippen LogP contribution in [0.25, 0.3) is 0 Å². The van der Waals surface area contributed by atoms with E-state index in [1.54, 1.807) is 4.90 Å². The van der Waals surface area contributed by atoms with Crippen molar-refractivity contribution in [1.82, 2.24) is 0 Å². The second-order valence-electron chi connectivity index (χ2n) is 7.04. The van der Waals surface area contributed by atoms with Gasteiger partial charge in [0.05, 0.1) is 6.04 Å². The van der Waals surface area contributed by atoms with Crippen LogP contribution in [-0.2, 0) is 6.54 Å². The van der Waals surface area contributed by atoms with Gasteiger partial charge in [-0.2, -0.15) is 0 Å². The number of quaternary nitrogens is 2. The van der Waals surface area contributed by atoms with Gasteiger partial charge in [-0.15, -0.1) is 0 Å². The zero-order valence-corrected chi connectivity index (χ0v) is 12.9. The lowest BCUT2D eigenvalue weighted by Gasteiger charge is -2.37. The Morgan fingerprint density at radius 3 is 2.45 bits per heavy atom. The van der Waals surface area contributed by atoms with Crippen LogP contribution < -0.4 is 9.80 Å². The van der Waals surface area contributed by atoms with Gasteiger partial charge in [0.1, 0.15) is 32.7 Å². The number of hydrogen-bond acceptors (Lipinski definition) is 0. The van der Waals surface area contributed by atoms with Gasteiger partial charge in [0.25, 0.3) is 0 Å². The van der Waals surface area contributed by atoms with Crippen molar-refractivity contribution in [2.24, 2.45) is 5.92 Å². The molecule has 0 unspecified atom stereocenters. The molecule has 1 aliphatic carbocycles. The van der Waals surface area contributed by atoms with E-state index in [0.717, 1.165) is 12.0 Å². The van der Waals surface area contributed by atoms with Gasteiger partial charge < -0.3 is 9.80 Å². The highest BCUT2D eigenvalue weighted by Crippen LogP contribution is 2.21. The van der Waals surface area contributed by atoms with Crippen molar-refractivity contribution < 1.29 is 9.80 Å². The van der Waals surface area contributed by atoms with Crippen molar-refractivity contribution >= 4 is 0 Å². The number of rotatable bonds is 3. The third-order valence-corrected chi connectivity index (χ3v) is 5.41. The summed E-state index contributed by atoms with van der Waals surface area (Å²) in [6.07, 6.45) is 5.89.